The Morgan fingerprint density at radius 3 is 2.40 bits per heavy atom. The molecule has 0 radical (unpaired) electrons. The number of rotatable bonds is 9. The Kier molecular flexibility index (Phi) is 9.55. The molecule has 7 heteroatoms. The van der Waals surface area contributed by atoms with Gasteiger partial charge in [-0.15, -0.1) is 0 Å². The maximum Gasteiger partial charge on any atom is 0.269 e. The number of hydrogen-bond acceptors (Lipinski definition) is 5. The number of aryl methyl sites for hydroxylation is 1. The molecule has 1 aromatic carbocycles. The monoisotopic (exact) mass is 367 g/mol. The van der Waals surface area contributed by atoms with Gasteiger partial charge in [0.2, 0.25) is 0 Å². The largest absolute Gasteiger partial charge is 0.382 e. The summed E-state index contributed by atoms with van der Waals surface area (Å²) in [7, 11) is 0. The van der Waals surface area contributed by atoms with Gasteiger partial charge in [0.1, 0.15) is 6.10 Å². The number of benzene rings is 1. The first-order valence-electron chi connectivity index (χ1n) is 8.59. The van der Waals surface area contributed by atoms with Crippen molar-refractivity contribution in [1.82, 2.24) is 10.9 Å². The number of nitrogens with two attached hydrogens (primary N) is 1. The fourth-order valence-corrected chi connectivity index (χ4v) is 3.05. The highest BCUT2D eigenvalue weighted by Crippen LogP contribution is 2.12. The van der Waals surface area contributed by atoms with E-state index in [9.17, 15) is 14.7 Å². The fraction of sp³-hybridized carbons (Fsp3) is 0.556. The first-order valence-corrected chi connectivity index (χ1v) is 9.64. The molecule has 140 valence electrons. The summed E-state index contributed by atoms with van der Waals surface area (Å²) in [4.78, 5) is 23.9. The molecule has 0 aromatic heterocycles. The van der Waals surface area contributed by atoms with E-state index in [1.54, 1.807) is 23.9 Å². The molecule has 1 rings (SSSR count). The van der Waals surface area contributed by atoms with Gasteiger partial charge >= 0.3 is 0 Å². The summed E-state index contributed by atoms with van der Waals surface area (Å²) in [5.41, 5.74) is 11.9. The van der Waals surface area contributed by atoms with Crippen LogP contribution in [0.2, 0.25) is 0 Å². The molecule has 0 aliphatic carbocycles. The second kappa shape index (κ2) is 11.1. The van der Waals surface area contributed by atoms with Crippen LogP contribution in [0, 0.1) is 0 Å². The number of hydrogen-bond donors (Lipinski definition) is 4. The lowest BCUT2D eigenvalue weighted by Gasteiger charge is -2.18. The second-order valence-corrected chi connectivity index (χ2v) is 7.89. The molecule has 25 heavy (non-hydrogen) atoms. The van der Waals surface area contributed by atoms with Crippen LogP contribution < -0.4 is 16.6 Å². The molecule has 0 heterocycles. The van der Waals surface area contributed by atoms with Gasteiger partial charge in [-0.1, -0.05) is 39.3 Å². The van der Waals surface area contributed by atoms with Crippen LogP contribution in [0.3, 0.4) is 0 Å². The summed E-state index contributed by atoms with van der Waals surface area (Å²) in [6, 6.07) is 6.51. The van der Waals surface area contributed by atoms with Gasteiger partial charge in [0.15, 0.2) is 0 Å². The molecule has 1 unspecified atom stereocenters. The zero-order valence-corrected chi connectivity index (χ0v) is 15.9. The van der Waals surface area contributed by atoms with Crippen molar-refractivity contribution in [2.24, 2.45) is 5.73 Å². The Morgan fingerprint density at radius 2 is 1.84 bits per heavy atom. The molecular weight excluding hydrogens is 338 g/mol. The quantitative estimate of drug-likeness (QED) is 0.497. The summed E-state index contributed by atoms with van der Waals surface area (Å²) in [5.74, 6) is -0.384. The lowest BCUT2D eigenvalue weighted by Crippen LogP contribution is -2.52. The Morgan fingerprint density at radius 1 is 1.20 bits per heavy atom. The standard InChI is InChI=1S/C18H29N3O3S/c1-4-5-13-6-8-14(9-7-13)17(23)20-21-18(24)16(22)15(19)10-11-25-12(2)3/h6-9,12,15-16,22H,4-5,10-11,19H2,1-3H3,(H,20,23)(H,21,24)/t15-,16?/m1/s1. The molecule has 0 aliphatic rings. The highest BCUT2D eigenvalue weighted by atomic mass is 32.2. The van der Waals surface area contributed by atoms with Crippen LogP contribution in [0.4, 0.5) is 0 Å². The number of nitrogens with one attached hydrogen (secondary N) is 2. The number of aliphatic hydroxyl groups is 1. The highest BCUT2D eigenvalue weighted by molar-refractivity contribution is 7.99. The van der Waals surface area contributed by atoms with Crippen molar-refractivity contribution in [1.29, 1.82) is 0 Å². The zero-order valence-electron chi connectivity index (χ0n) is 15.1. The Labute approximate surface area is 153 Å². The molecule has 0 saturated carbocycles. The molecule has 1 aromatic rings. The highest BCUT2D eigenvalue weighted by Gasteiger charge is 2.23. The number of carbonyl (C=O) groups excluding carboxylic acids is 2. The first kappa shape index (κ1) is 21.5. The van der Waals surface area contributed by atoms with Gasteiger partial charge in [0.25, 0.3) is 11.8 Å². The van der Waals surface area contributed by atoms with Gasteiger partial charge < -0.3 is 10.8 Å². The van der Waals surface area contributed by atoms with Crippen LogP contribution >= 0.6 is 11.8 Å². The smallest absolute Gasteiger partial charge is 0.269 e. The van der Waals surface area contributed by atoms with Gasteiger partial charge in [0, 0.05) is 11.6 Å². The van der Waals surface area contributed by atoms with E-state index in [-0.39, 0.29) is 0 Å². The van der Waals surface area contributed by atoms with E-state index < -0.39 is 24.0 Å². The lowest BCUT2D eigenvalue weighted by molar-refractivity contribution is -0.131. The molecule has 0 bridgehead atoms. The third kappa shape index (κ3) is 7.90. The van der Waals surface area contributed by atoms with Crippen molar-refractivity contribution < 1.29 is 14.7 Å². The molecule has 2 amide bonds. The van der Waals surface area contributed by atoms with Gasteiger partial charge in [-0.05, 0) is 41.5 Å². The van der Waals surface area contributed by atoms with Crippen LogP contribution in [0.15, 0.2) is 24.3 Å². The van der Waals surface area contributed by atoms with E-state index in [4.69, 9.17) is 5.73 Å². The number of carbonyl (C=O) groups is 2. The summed E-state index contributed by atoms with van der Waals surface area (Å²) in [6.07, 6.45) is 1.15. The summed E-state index contributed by atoms with van der Waals surface area (Å²) >= 11 is 1.72. The van der Waals surface area contributed by atoms with Crippen molar-refractivity contribution in [3.63, 3.8) is 0 Å². The summed E-state index contributed by atoms with van der Waals surface area (Å²) in [6.45, 7) is 6.24. The molecule has 0 fully saturated rings. The topological polar surface area (TPSA) is 104 Å². The number of amides is 2. The molecule has 0 saturated heterocycles. The maximum atomic E-state index is 12.0. The van der Waals surface area contributed by atoms with E-state index in [0.717, 1.165) is 24.2 Å². The van der Waals surface area contributed by atoms with E-state index in [2.05, 4.69) is 31.6 Å². The minimum Gasteiger partial charge on any atom is -0.382 e. The number of aliphatic hydroxyl groups excluding tert-OH is 1. The van der Waals surface area contributed by atoms with Crippen molar-refractivity contribution >= 4 is 23.6 Å². The van der Waals surface area contributed by atoms with Crippen LogP contribution in [-0.2, 0) is 11.2 Å². The lowest BCUT2D eigenvalue weighted by atomic mass is 10.1. The molecular formula is C18H29N3O3S. The van der Waals surface area contributed by atoms with Crippen LogP contribution in [0.25, 0.3) is 0 Å². The van der Waals surface area contributed by atoms with Gasteiger partial charge in [-0.25, -0.2) is 0 Å². The normalized spacial score (nSPS) is 13.4. The second-order valence-electron chi connectivity index (χ2n) is 6.21. The SMILES string of the molecule is CCCc1ccc(C(=O)NNC(=O)C(O)[C@H](N)CCSC(C)C)cc1. The molecule has 0 spiro atoms. The number of hydrazine groups is 1. The molecule has 6 nitrogen and oxygen atoms in total. The Balaban J connectivity index is 2.42. The van der Waals surface area contributed by atoms with E-state index in [1.807, 2.05) is 12.1 Å². The molecule has 0 aliphatic heterocycles. The summed E-state index contributed by atoms with van der Waals surface area (Å²) < 4.78 is 0. The van der Waals surface area contributed by atoms with Gasteiger partial charge in [-0.3, -0.25) is 20.4 Å². The third-order valence-corrected chi connectivity index (χ3v) is 4.77. The van der Waals surface area contributed by atoms with Crippen molar-refractivity contribution in [3.05, 3.63) is 35.4 Å². The number of thioether (sulfide) groups is 1. The van der Waals surface area contributed by atoms with E-state index >= 15 is 0 Å². The van der Waals surface area contributed by atoms with Gasteiger partial charge in [-0.2, -0.15) is 11.8 Å². The average Bonchev–Trinajstić information content (AvgIpc) is 2.59. The average molecular weight is 368 g/mol. The Bertz CT molecular complexity index is 549. The van der Waals surface area contributed by atoms with Crippen molar-refractivity contribution in [3.8, 4) is 0 Å². The third-order valence-electron chi connectivity index (χ3n) is 3.63. The zero-order chi connectivity index (χ0) is 18.8. The molecule has 5 N–H and O–H groups in total. The van der Waals surface area contributed by atoms with Crippen molar-refractivity contribution in [2.45, 2.75) is 57.4 Å². The van der Waals surface area contributed by atoms with Gasteiger partial charge in [0.05, 0.1) is 0 Å². The summed E-state index contributed by atoms with van der Waals surface area (Å²) in [5, 5.41) is 10.4. The molecule has 2 atom stereocenters. The van der Waals surface area contributed by atoms with Crippen molar-refractivity contribution in [2.75, 3.05) is 5.75 Å². The van der Waals surface area contributed by atoms with Crippen LogP contribution in [-0.4, -0.2) is 40.1 Å². The Hall–Kier alpha value is -1.57. The van der Waals surface area contributed by atoms with E-state index in [0.29, 0.717) is 17.2 Å². The van der Waals surface area contributed by atoms with Crippen LogP contribution in [0.1, 0.15) is 49.5 Å². The predicted molar refractivity (Wildman–Crippen MR) is 102 cm³/mol. The predicted octanol–water partition coefficient (Wildman–Crippen LogP) is 1.62. The first-order chi connectivity index (χ1) is 11.8. The van der Waals surface area contributed by atoms with Crippen LogP contribution in [0.5, 0.6) is 0 Å². The minimum atomic E-state index is -1.36. The van der Waals surface area contributed by atoms with E-state index in [1.165, 1.54) is 0 Å². The maximum absolute atomic E-state index is 12.0. The fourth-order valence-electron chi connectivity index (χ4n) is 2.17. The minimum absolute atomic E-state index is 0.437.